The van der Waals surface area contributed by atoms with Crippen LogP contribution in [0.2, 0.25) is 0 Å². The molecule has 1 aromatic rings. The molecule has 0 spiro atoms. The molecule has 1 unspecified atom stereocenters. The molecule has 1 heterocycles. The van der Waals surface area contributed by atoms with E-state index in [9.17, 15) is 0 Å². The van der Waals surface area contributed by atoms with Crippen LogP contribution in [0.1, 0.15) is 12.5 Å². The van der Waals surface area contributed by atoms with Crippen LogP contribution in [0.3, 0.4) is 0 Å². The Hall–Kier alpha value is -1.28. The number of halogens is 1. The lowest BCUT2D eigenvalue weighted by molar-refractivity contribution is 0.777. The van der Waals surface area contributed by atoms with E-state index < -0.39 is 0 Å². The quantitative estimate of drug-likeness (QED) is 0.750. The fourth-order valence-electron chi connectivity index (χ4n) is 1.30. The summed E-state index contributed by atoms with van der Waals surface area (Å²) in [5.41, 5.74) is 1.08. The molecule has 0 aromatic heterocycles. The van der Waals surface area contributed by atoms with Crippen LogP contribution in [0.15, 0.2) is 46.6 Å². The van der Waals surface area contributed by atoms with Crippen LogP contribution in [0.25, 0.3) is 0 Å². The first-order valence-electron chi connectivity index (χ1n) is 4.52. The fraction of sp³-hybridized carbons (Fsp3) is 0.182. The van der Waals surface area contributed by atoms with Gasteiger partial charge in [0.05, 0.1) is 11.1 Å². The highest BCUT2D eigenvalue weighted by Crippen LogP contribution is 2.13. The topological polar surface area (TPSA) is 24.4 Å². The van der Waals surface area contributed by atoms with Gasteiger partial charge in [0.1, 0.15) is 5.84 Å². The number of benzene rings is 1. The largest absolute Gasteiger partial charge is 0.362 e. The molecule has 1 N–H and O–H groups in total. The normalized spacial score (nSPS) is 20.9. The Labute approximate surface area is 88.3 Å². The predicted molar refractivity (Wildman–Crippen MR) is 59.5 cm³/mol. The van der Waals surface area contributed by atoms with Gasteiger partial charge in [-0.25, -0.2) is 4.99 Å². The average Bonchev–Trinajstić information content (AvgIpc) is 2.23. The molecule has 0 fully saturated rings. The molecule has 1 aliphatic heterocycles. The van der Waals surface area contributed by atoms with Crippen LogP contribution >= 0.6 is 11.6 Å². The van der Waals surface area contributed by atoms with E-state index in [1.807, 2.05) is 37.3 Å². The zero-order valence-electron chi connectivity index (χ0n) is 7.87. The van der Waals surface area contributed by atoms with Crippen molar-refractivity contribution in [2.24, 2.45) is 4.99 Å². The Balaban J connectivity index is 2.30. The molecule has 0 saturated heterocycles. The van der Waals surface area contributed by atoms with Gasteiger partial charge in [0.15, 0.2) is 0 Å². The Morgan fingerprint density at radius 1 is 1.29 bits per heavy atom. The van der Waals surface area contributed by atoms with Gasteiger partial charge >= 0.3 is 0 Å². The molecule has 72 valence electrons. The minimum Gasteiger partial charge on any atom is -0.362 e. The van der Waals surface area contributed by atoms with E-state index in [1.165, 1.54) is 0 Å². The maximum Gasteiger partial charge on any atom is 0.133 e. The van der Waals surface area contributed by atoms with Crippen molar-refractivity contribution >= 4 is 17.4 Å². The van der Waals surface area contributed by atoms with Crippen LogP contribution in [0.5, 0.6) is 0 Å². The molecule has 14 heavy (non-hydrogen) atoms. The van der Waals surface area contributed by atoms with E-state index in [-0.39, 0.29) is 6.04 Å². The second-order valence-corrected chi connectivity index (χ2v) is 3.66. The summed E-state index contributed by atoms with van der Waals surface area (Å²) in [6, 6.07) is 10.1. The lowest BCUT2D eigenvalue weighted by Gasteiger charge is -2.19. The highest BCUT2D eigenvalue weighted by molar-refractivity contribution is 6.30. The maximum atomic E-state index is 5.91. The lowest BCUT2D eigenvalue weighted by Crippen LogP contribution is -2.35. The summed E-state index contributed by atoms with van der Waals surface area (Å²) in [5, 5.41) is 3.97. The molecular weight excluding hydrogens is 196 g/mol. The smallest absolute Gasteiger partial charge is 0.133 e. The zero-order valence-corrected chi connectivity index (χ0v) is 8.62. The van der Waals surface area contributed by atoms with Gasteiger partial charge in [-0.15, -0.1) is 0 Å². The lowest BCUT2D eigenvalue weighted by atomic mass is 10.1. The zero-order chi connectivity index (χ0) is 9.97. The molecule has 0 radical (unpaired) electrons. The van der Waals surface area contributed by atoms with Crippen LogP contribution < -0.4 is 5.32 Å². The van der Waals surface area contributed by atoms with Crippen molar-refractivity contribution in [1.82, 2.24) is 5.32 Å². The number of nitrogens with zero attached hydrogens (tertiary/aromatic N) is 1. The van der Waals surface area contributed by atoms with E-state index in [2.05, 4.69) is 10.3 Å². The molecule has 2 nitrogen and oxygen atoms in total. The van der Waals surface area contributed by atoms with Crippen LogP contribution in [0.4, 0.5) is 0 Å². The molecule has 1 aromatic carbocycles. The van der Waals surface area contributed by atoms with Gasteiger partial charge in [0, 0.05) is 11.8 Å². The van der Waals surface area contributed by atoms with Crippen molar-refractivity contribution in [3.8, 4) is 0 Å². The average molecular weight is 207 g/mol. The molecule has 0 bridgehead atoms. The summed E-state index contributed by atoms with van der Waals surface area (Å²) >= 11 is 5.91. The monoisotopic (exact) mass is 206 g/mol. The second-order valence-electron chi connectivity index (χ2n) is 3.22. The van der Waals surface area contributed by atoms with Gasteiger partial charge in [-0.1, -0.05) is 41.9 Å². The third kappa shape index (κ3) is 1.80. The molecule has 3 heteroatoms. The number of hydrogen-bond donors (Lipinski definition) is 1. The maximum absolute atomic E-state index is 5.91. The molecule has 2 rings (SSSR count). The Morgan fingerprint density at radius 2 is 2.00 bits per heavy atom. The first-order chi connectivity index (χ1) is 6.77. The molecule has 0 aliphatic carbocycles. The third-order valence-electron chi connectivity index (χ3n) is 2.13. The Morgan fingerprint density at radius 3 is 2.64 bits per heavy atom. The van der Waals surface area contributed by atoms with Crippen molar-refractivity contribution in [2.75, 3.05) is 0 Å². The minimum absolute atomic E-state index is 0.143. The molecule has 0 amide bonds. The number of aliphatic imine (C=N–C) groups is 1. The Bertz CT molecular complexity index is 382. The van der Waals surface area contributed by atoms with Crippen LogP contribution in [-0.4, -0.2) is 11.9 Å². The summed E-state index contributed by atoms with van der Waals surface area (Å²) in [5.74, 6) is 0.877. The third-order valence-corrected chi connectivity index (χ3v) is 2.56. The van der Waals surface area contributed by atoms with Crippen LogP contribution in [0, 0.1) is 0 Å². The predicted octanol–water partition coefficient (Wildman–Crippen LogP) is 2.51. The van der Waals surface area contributed by atoms with Gasteiger partial charge in [0.2, 0.25) is 0 Å². The number of rotatable bonds is 1. The molecule has 1 aliphatic rings. The highest BCUT2D eigenvalue weighted by atomic mass is 35.5. The first-order valence-corrected chi connectivity index (χ1v) is 4.90. The number of amidine groups is 1. The number of nitrogens with one attached hydrogen (secondary N) is 1. The van der Waals surface area contributed by atoms with E-state index in [0.29, 0.717) is 0 Å². The van der Waals surface area contributed by atoms with Crippen LogP contribution in [-0.2, 0) is 0 Å². The summed E-state index contributed by atoms with van der Waals surface area (Å²) in [6.45, 7) is 2.01. The first kappa shape index (κ1) is 9.28. The van der Waals surface area contributed by atoms with Gasteiger partial charge in [-0.3, -0.25) is 0 Å². The standard InChI is InChI=1S/C11H11ClN2/c1-8-10(12)7-13-11(14-8)9-5-3-2-4-6-9/h2-8H,1H3,(H,13,14). The van der Waals surface area contributed by atoms with Crippen molar-refractivity contribution in [2.45, 2.75) is 13.0 Å². The molecule has 1 atom stereocenters. The van der Waals surface area contributed by atoms with Crippen molar-refractivity contribution in [3.05, 3.63) is 47.1 Å². The Kier molecular flexibility index (Phi) is 2.55. The SMILES string of the molecule is CC1NC(c2ccccc2)=NC=C1Cl. The number of hydrogen-bond acceptors (Lipinski definition) is 2. The van der Waals surface area contributed by atoms with E-state index in [1.54, 1.807) is 6.20 Å². The van der Waals surface area contributed by atoms with E-state index in [0.717, 1.165) is 16.4 Å². The van der Waals surface area contributed by atoms with Gasteiger partial charge in [0.25, 0.3) is 0 Å². The van der Waals surface area contributed by atoms with Gasteiger partial charge in [-0.05, 0) is 6.92 Å². The van der Waals surface area contributed by atoms with Gasteiger partial charge in [-0.2, -0.15) is 0 Å². The molecular formula is C11H11ClN2. The van der Waals surface area contributed by atoms with Crippen molar-refractivity contribution in [1.29, 1.82) is 0 Å². The summed E-state index contributed by atoms with van der Waals surface area (Å²) in [6.07, 6.45) is 1.70. The summed E-state index contributed by atoms with van der Waals surface area (Å²) < 4.78 is 0. The summed E-state index contributed by atoms with van der Waals surface area (Å²) in [4.78, 5) is 4.24. The molecule has 0 saturated carbocycles. The van der Waals surface area contributed by atoms with Crippen molar-refractivity contribution in [3.63, 3.8) is 0 Å². The van der Waals surface area contributed by atoms with Crippen molar-refractivity contribution < 1.29 is 0 Å². The van der Waals surface area contributed by atoms with E-state index >= 15 is 0 Å². The second kappa shape index (κ2) is 3.84. The van der Waals surface area contributed by atoms with Gasteiger partial charge < -0.3 is 5.32 Å². The fourth-order valence-corrected chi connectivity index (χ4v) is 1.41. The summed E-state index contributed by atoms with van der Waals surface area (Å²) in [7, 11) is 0. The van der Waals surface area contributed by atoms with E-state index in [4.69, 9.17) is 11.6 Å². The highest BCUT2D eigenvalue weighted by Gasteiger charge is 2.13. The minimum atomic E-state index is 0.143.